The van der Waals surface area contributed by atoms with Crippen LogP contribution in [0.3, 0.4) is 0 Å². The van der Waals surface area contributed by atoms with Crippen LogP contribution in [0.4, 0.5) is 0 Å². The van der Waals surface area contributed by atoms with Gasteiger partial charge in [0.05, 0.1) is 29.8 Å². The van der Waals surface area contributed by atoms with Crippen molar-refractivity contribution in [2.24, 2.45) is 5.92 Å². The molecule has 6 nitrogen and oxygen atoms in total. The van der Waals surface area contributed by atoms with Crippen molar-refractivity contribution in [3.63, 3.8) is 0 Å². The lowest BCUT2D eigenvalue weighted by molar-refractivity contribution is -0.161. The predicted octanol–water partition coefficient (Wildman–Crippen LogP) is 3.92. The number of nitrogens with zero attached hydrogens (tertiary/aromatic N) is 1. The molecule has 1 unspecified atom stereocenters. The van der Waals surface area contributed by atoms with E-state index in [-0.39, 0.29) is 16.3 Å². The lowest BCUT2D eigenvalue weighted by atomic mass is 9.71. The standard InChI is InChI=1S/C24H19BrClNO5/c1-31-22(29)18-19(13-5-3-2-4-6-13)24(14-7-9-15(25)10-8-14)23(30,21(18)28)20-16(26)11-27-12-17(20)32-24/h2-12,18-19,21,28,30H,1H3/t18-,19-,21-,23+,24?/m1/s1. The van der Waals surface area contributed by atoms with Gasteiger partial charge in [0, 0.05) is 16.6 Å². The molecule has 3 aromatic rings. The highest BCUT2D eigenvalue weighted by atomic mass is 79.9. The molecule has 1 fully saturated rings. The Kier molecular flexibility index (Phi) is 5.05. The van der Waals surface area contributed by atoms with Crippen LogP contribution in [-0.4, -0.2) is 34.4 Å². The second kappa shape index (κ2) is 7.56. The number of aromatic nitrogens is 1. The number of benzene rings is 2. The highest BCUT2D eigenvalue weighted by Crippen LogP contribution is 2.69. The van der Waals surface area contributed by atoms with Gasteiger partial charge in [0.2, 0.25) is 0 Å². The normalized spacial score (nSPS) is 30.3. The number of aliphatic hydroxyl groups excluding tert-OH is 1. The number of aliphatic hydroxyl groups is 2. The number of rotatable bonds is 3. The van der Waals surface area contributed by atoms with Crippen molar-refractivity contribution in [2.75, 3.05) is 7.11 Å². The Balaban J connectivity index is 1.89. The minimum absolute atomic E-state index is 0.139. The van der Waals surface area contributed by atoms with E-state index in [1.54, 1.807) is 12.1 Å². The first-order valence-corrected chi connectivity index (χ1v) is 11.2. The molecule has 2 aliphatic rings. The minimum atomic E-state index is -2.05. The van der Waals surface area contributed by atoms with E-state index in [4.69, 9.17) is 21.1 Å². The Bertz CT molecular complexity index is 1190. The molecule has 1 aliphatic heterocycles. The molecule has 8 heteroatoms. The van der Waals surface area contributed by atoms with Crippen LogP contribution >= 0.6 is 27.5 Å². The smallest absolute Gasteiger partial charge is 0.312 e. The van der Waals surface area contributed by atoms with Crippen molar-refractivity contribution < 1.29 is 24.5 Å². The zero-order valence-electron chi connectivity index (χ0n) is 16.9. The Hall–Kier alpha value is -2.45. The summed E-state index contributed by atoms with van der Waals surface area (Å²) in [6, 6.07) is 16.4. The second-order valence-corrected chi connectivity index (χ2v) is 9.31. The van der Waals surface area contributed by atoms with Gasteiger partial charge >= 0.3 is 5.97 Å². The van der Waals surface area contributed by atoms with Gasteiger partial charge in [-0.05, 0) is 23.3 Å². The number of hydrogen-bond donors (Lipinski definition) is 2. The van der Waals surface area contributed by atoms with Gasteiger partial charge in [-0.2, -0.15) is 0 Å². The summed E-state index contributed by atoms with van der Waals surface area (Å²) >= 11 is 9.92. The Morgan fingerprint density at radius 2 is 1.84 bits per heavy atom. The number of fused-ring (bicyclic) bond motifs is 3. The summed E-state index contributed by atoms with van der Waals surface area (Å²) in [5.41, 5.74) is -2.12. The van der Waals surface area contributed by atoms with Crippen molar-refractivity contribution in [1.82, 2.24) is 4.98 Å². The fourth-order valence-corrected chi connectivity index (χ4v) is 5.88. The molecule has 2 N–H and O–H groups in total. The third kappa shape index (κ3) is 2.65. The van der Waals surface area contributed by atoms with E-state index < -0.39 is 35.1 Å². The number of halogens is 2. The lowest BCUT2D eigenvalue weighted by Gasteiger charge is -2.40. The molecule has 0 bridgehead atoms. The van der Waals surface area contributed by atoms with Crippen molar-refractivity contribution in [3.05, 3.63) is 93.2 Å². The zero-order chi connectivity index (χ0) is 22.7. The number of hydrogen-bond acceptors (Lipinski definition) is 6. The van der Waals surface area contributed by atoms with E-state index in [1.807, 2.05) is 42.5 Å². The SMILES string of the molecule is COC(=O)[C@@H]1[C@@H](c2ccccc2)C2(c3ccc(Br)cc3)Oc3cncc(Cl)c3[C@]2(O)[C@@H]1O. The number of ether oxygens (including phenoxy) is 2. The molecule has 1 aliphatic carbocycles. The van der Waals surface area contributed by atoms with Crippen LogP contribution < -0.4 is 4.74 Å². The molecule has 2 heterocycles. The molecule has 32 heavy (non-hydrogen) atoms. The number of pyridine rings is 1. The van der Waals surface area contributed by atoms with Gasteiger partial charge < -0.3 is 19.7 Å². The molecule has 164 valence electrons. The molecule has 0 spiro atoms. The third-order valence-electron chi connectivity index (χ3n) is 6.55. The first-order chi connectivity index (χ1) is 15.4. The number of carbonyl (C=O) groups excluding carboxylic acids is 1. The topological polar surface area (TPSA) is 88.9 Å². The van der Waals surface area contributed by atoms with Gasteiger partial charge in [-0.3, -0.25) is 9.78 Å². The van der Waals surface area contributed by atoms with E-state index in [0.29, 0.717) is 11.1 Å². The summed E-state index contributed by atoms with van der Waals surface area (Å²) in [7, 11) is 1.26. The largest absolute Gasteiger partial charge is 0.476 e. The van der Waals surface area contributed by atoms with Crippen LogP contribution in [0.2, 0.25) is 5.02 Å². The molecule has 1 saturated carbocycles. The summed E-state index contributed by atoms with van der Waals surface area (Å²) in [6.07, 6.45) is 1.28. The Labute approximate surface area is 197 Å². The third-order valence-corrected chi connectivity index (χ3v) is 7.37. The summed E-state index contributed by atoms with van der Waals surface area (Å²) < 4.78 is 12.4. The van der Waals surface area contributed by atoms with Crippen LogP contribution in [-0.2, 0) is 20.7 Å². The van der Waals surface area contributed by atoms with Crippen molar-refractivity contribution in [1.29, 1.82) is 0 Å². The van der Waals surface area contributed by atoms with Crippen LogP contribution in [0.1, 0.15) is 22.6 Å². The minimum Gasteiger partial charge on any atom is -0.476 e. The predicted molar refractivity (Wildman–Crippen MR) is 120 cm³/mol. The van der Waals surface area contributed by atoms with E-state index >= 15 is 0 Å². The number of methoxy groups -OCH3 is 1. The summed E-state index contributed by atoms with van der Waals surface area (Å²) in [5.74, 6) is -2.30. The van der Waals surface area contributed by atoms with Gasteiger partial charge in [-0.1, -0.05) is 70.0 Å². The fourth-order valence-electron chi connectivity index (χ4n) is 5.32. The highest BCUT2D eigenvalue weighted by Gasteiger charge is 2.78. The maximum absolute atomic E-state index is 13.0. The van der Waals surface area contributed by atoms with Gasteiger partial charge in [-0.25, -0.2) is 0 Å². The first-order valence-electron chi connectivity index (χ1n) is 9.98. The molecule has 0 saturated heterocycles. The fraction of sp³-hybridized carbons (Fsp3) is 0.250. The Morgan fingerprint density at radius 1 is 1.16 bits per heavy atom. The van der Waals surface area contributed by atoms with Crippen LogP contribution in [0.5, 0.6) is 5.75 Å². The van der Waals surface area contributed by atoms with Crippen LogP contribution in [0.15, 0.2) is 71.5 Å². The number of esters is 1. The van der Waals surface area contributed by atoms with E-state index in [2.05, 4.69) is 20.9 Å². The average Bonchev–Trinajstić information content (AvgIpc) is 3.18. The van der Waals surface area contributed by atoms with E-state index in [0.717, 1.165) is 4.47 Å². The van der Waals surface area contributed by atoms with Crippen molar-refractivity contribution >= 4 is 33.5 Å². The van der Waals surface area contributed by atoms with Crippen LogP contribution in [0.25, 0.3) is 0 Å². The molecule has 5 rings (SSSR count). The maximum Gasteiger partial charge on any atom is 0.312 e. The molecular formula is C24H19BrClNO5. The van der Waals surface area contributed by atoms with Gasteiger partial charge in [0.15, 0.2) is 11.2 Å². The molecule has 0 amide bonds. The molecule has 5 atom stereocenters. The van der Waals surface area contributed by atoms with E-state index in [1.165, 1.54) is 19.5 Å². The molecule has 0 radical (unpaired) electrons. The van der Waals surface area contributed by atoms with Crippen molar-refractivity contribution in [2.45, 2.75) is 23.2 Å². The van der Waals surface area contributed by atoms with E-state index in [9.17, 15) is 15.0 Å². The molecular weight excluding hydrogens is 498 g/mol. The maximum atomic E-state index is 13.0. The summed E-state index contributed by atoms with van der Waals surface area (Å²) in [6.45, 7) is 0. The lowest BCUT2D eigenvalue weighted by Crippen LogP contribution is -2.52. The molecule has 2 aromatic carbocycles. The second-order valence-electron chi connectivity index (χ2n) is 7.99. The first kappa shape index (κ1) is 21.4. The quantitative estimate of drug-likeness (QED) is 0.513. The highest BCUT2D eigenvalue weighted by molar-refractivity contribution is 9.10. The zero-order valence-corrected chi connectivity index (χ0v) is 19.2. The number of carbonyl (C=O) groups is 1. The van der Waals surface area contributed by atoms with Gasteiger partial charge in [0.1, 0.15) is 11.9 Å². The average molecular weight is 517 g/mol. The molecule has 1 aromatic heterocycles. The van der Waals surface area contributed by atoms with Crippen LogP contribution in [0, 0.1) is 5.92 Å². The van der Waals surface area contributed by atoms with Gasteiger partial charge in [0.25, 0.3) is 0 Å². The van der Waals surface area contributed by atoms with Crippen molar-refractivity contribution in [3.8, 4) is 5.75 Å². The monoisotopic (exact) mass is 515 g/mol. The van der Waals surface area contributed by atoms with Gasteiger partial charge in [-0.15, -0.1) is 0 Å². The summed E-state index contributed by atoms with van der Waals surface area (Å²) in [4.78, 5) is 17.1. The Morgan fingerprint density at radius 3 is 2.50 bits per heavy atom. The summed E-state index contributed by atoms with van der Waals surface area (Å²) in [5, 5.41) is 24.1.